The summed E-state index contributed by atoms with van der Waals surface area (Å²) < 4.78 is 0. The third kappa shape index (κ3) is 3.83. The molecule has 6 rings (SSSR count). The Morgan fingerprint density at radius 1 is 0.857 bits per heavy atom. The summed E-state index contributed by atoms with van der Waals surface area (Å²) in [5.41, 5.74) is -1.39. The van der Waals surface area contributed by atoms with Crippen LogP contribution in [0.5, 0.6) is 0 Å². The van der Waals surface area contributed by atoms with Crippen LogP contribution in [0.4, 0.5) is 0 Å². The van der Waals surface area contributed by atoms with Crippen molar-refractivity contribution in [3.63, 3.8) is 0 Å². The first-order valence-electron chi connectivity index (χ1n) is 17.2. The average molecular weight is 587 g/mol. The largest absolute Gasteiger partial charge is 0.396 e. The Morgan fingerprint density at radius 2 is 1.55 bits per heavy atom. The van der Waals surface area contributed by atoms with Crippen LogP contribution >= 0.6 is 0 Å². The lowest BCUT2D eigenvalue weighted by atomic mass is 9.30. The van der Waals surface area contributed by atoms with Gasteiger partial charge in [0, 0.05) is 16.7 Å². The van der Waals surface area contributed by atoms with Crippen molar-refractivity contribution < 1.29 is 30.3 Å². The summed E-state index contributed by atoms with van der Waals surface area (Å²) in [6.07, 6.45) is 11.2. The molecule has 6 aliphatic carbocycles. The average Bonchev–Trinajstić information content (AvgIpc) is 2.96. The summed E-state index contributed by atoms with van der Waals surface area (Å²) in [6.45, 7) is 10.7. The molecule has 6 heteroatoms. The van der Waals surface area contributed by atoms with Crippen LogP contribution in [0, 0.1) is 56.2 Å². The van der Waals surface area contributed by atoms with Crippen molar-refractivity contribution in [2.75, 3.05) is 13.2 Å². The SMILES string of the molecule is CC1(C)CCC2(CO)C(O)CC3(C)C(=CC(=O)C4C5(C6CCCCC6)CCC(O)C(C)(C(O)CO)C5CCC43C)C2C1. The maximum absolute atomic E-state index is 15.0. The van der Waals surface area contributed by atoms with Crippen LogP contribution in [0.1, 0.15) is 118 Å². The summed E-state index contributed by atoms with van der Waals surface area (Å²) in [4.78, 5) is 15.0. The minimum atomic E-state index is -1.04. The predicted octanol–water partition coefficient (Wildman–Crippen LogP) is 5.18. The maximum Gasteiger partial charge on any atom is 0.159 e. The normalized spacial score (nSPS) is 51.4. The molecule has 0 aromatic carbocycles. The van der Waals surface area contributed by atoms with Crippen molar-refractivity contribution in [3.8, 4) is 0 Å². The fraction of sp³-hybridized carbons (Fsp3) is 0.917. The molecular formula is C36H58O6. The number of fused-ring (bicyclic) bond motifs is 7. The molecule has 0 heterocycles. The number of carbonyl (C=O) groups excluding carboxylic acids is 1. The van der Waals surface area contributed by atoms with E-state index in [0.717, 1.165) is 64.2 Å². The smallest absolute Gasteiger partial charge is 0.159 e. The number of allylic oxidation sites excluding steroid dienone is 2. The minimum Gasteiger partial charge on any atom is -0.396 e. The highest BCUT2D eigenvalue weighted by Gasteiger charge is 2.74. The molecule has 0 aliphatic heterocycles. The highest BCUT2D eigenvalue weighted by atomic mass is 16.3. The Hall–Kier alpha value is -0.790. The first-order chi connectivity index (χ1) is 19.7. The van der Waals surface area contributed by atoms with Gasteiger partial charge in [0.05, 0.1) is 31.5 Å². The zero-order valence-corrected chi connectivity index (χ0v) is 26.9. The van der Waals surface area contributed by atoms with Gasteiger partial charge in [-0.25, -0.2) is 0 Å². The van der Waals surface area contributed by atoms with E-state index >= 15 is 0 Å². The van der Waals surface area contributed by atoms with E-state index in [1.807, 2.05) is 13.0 Å². The highest BCUT2D eigenvalue weighted by molar-refractivity contribution is 5.96. The molecular weight excluding hydrogens is 528 g/mol. The van der Waals surface area contributed by atoms with Crippen molar-refractivity contribution >= 4 is 5.78 Å². The quantitative estimate of drug-likeness (QED) is 0.310. The van der Waals surface area contributed by atoms with Crippen LogP contribution in [0.2, 0.25) is 0 Å². The lowest BCUT2D eigenvalue weighted by Crippen LogP contribution is -2.72. The van der Waals surface area contributed by atoms with Crippen LogP contribution < -0.4 is 0 Å². The van der Waals surface area contributed by atoms with E-state index in [4.69, 9.17) is 0 Å². The van der Waals surface area contributed by atoms with Gasteiger partial charge in [0.15, 0.2) is 5.78 Å². The summed E-state index contributed by atoms with van der Waals surface area (Å²) in [5.74, 6) is 0.172. The van der Waals surface area contributed by atoms with Gasteiger partial charge in [-0.1, -0.05) is 59.5 Å². The summed E-state index contributed by atoms with van der Waals surface area (Å²) in [7, 11) is 0. The summed E-state index contributed by atoms with van der Waals surface area (Å²) in [5, 5.41) is 55.9. The number of rotatable bonds is 4. The Kier molecular flexibility index (Phi) is 7.51. The molecule has 0 radical (unpaired) electrons. The lowest BCUT2D eigenvalue weighted by molar-refractivity contribution is -0.258. The Bertz CT molecular complexity index is 1100. The van der Waals surface area contributed by atoms with Crippen LogP contribution in [0.3, 0.4) is 0 Å². The number of hydrogen-bond donors (Lipinski definition) is 5. The van der Waals surface area contributed by atoms with Gasteiger partial charge in [-0.2, -0.15) is 0 Å². The molecule has 0 aromatic rings. The van der Waals surface area contributed by atoms with E-state index in [9.17, 15) is 30.3 Å². The molecule has 0 saturated heterocycles. The Morgan fingerprint density at radius 3 is 2.19 bits per heavy atom. The fourth-order valence-corrected chi connectivity index (χ4v) is 12.8. The van der Waals surface area contributed by atoms with Gasteiger partial charge in [0.2, 0.25) is 0 Å². The third-order valence-electron chi connectivity index (χ3n) is 15.5. The number of aliphatic hydroxyl groups excluding tert-OH is 5. The van der Waals surface area contributed by atoms with Gasteiger partial charge in [0.1, 0.15) is 0 Å². The molecule has 0 aromatic heterocycles. The predicted molar refractivity (Wildman–Crippen MR) is 162 cm³/mol. The minimum absolute atomic E-state index is 0.0280. The van der Waals surface area contributed by atoms with Crippen molar-refractivity contribution in [1.29, 1.82) is 0 Å². The first-order valence-corrected chi connectivity index (χ1v) is 17.2. The molecule has 5 saturated carbocycles. The summed E-state index contributed by atoms with van der Waals surface area (Å²) >= 11 is 0. The zero-order chi connectivity index (χ0) is 30.5. The second kappa shape index (κ2) is 10.1. The fourth-order valence-electron chi connectivity index (χ4n) is 12.8. The molecule has 5 fully saturated rings. The molecule has 0 bridgehead atoms. The Balaban J connectivity index is 1.55. The van der Waals surface area contributed by atoms with Crippen molar-refractivity contribution in [1.82, 2.24) is 0 Å². The lowest BCUT2D eigenvalue weighted by Gasteiger charge is -2.73. The van der Waals surface area contributed by atoms with E-state index in [0.29, 0.717) is 18.8 Å². The van der Waals surface area contributed by atoms with Gasteiger partial charge in [0.25, 0.3) is 0 Å². The van der Waals surface area contributed by atoms with Crippen molar-refractivity contribution in [2.24, 2.45) is 56.2 Å². The molecule has 5 N–H and O–H groups in total. The molecule has 11 atom stereocenters. The van der Waals surface area contributed by atoms with Crippen LogP contribution in [-0.2, 0) is 4.79 Å². The van der Waals surface area contributed by atoms with E-state index in [-0.39, 0.29) is 46.4 Å². The van der Waals surface area contributed by atoms with Crippen LogP contribution in [-0.4, -0.2) is 62.8 Å². The third-order valence-corrected chi connectivity index (χ3v) is 15.5. The van der Waals surface area contributed by atoms with Gasteiger partial charge >= 0.3 is 0 Å². The molecule has 6 aliphatic rings. The number of carbonyl (C=O) groups is 1. The first kappa shape index (κ1) is 31.2. The van der Waals surface area contributed by atoms with Gasteiger partial charge in [-0.3, -0.25) is 4.79 Å². The van der Waals surface area contributed by atoms with E-state index in [1.54, 1.807) is 0 Å². The molecule has 42 heavy (non-hydrogen) atoms. The second-order valence-electron chi connectivity index (χ2n) is 17.4. The molecule has 0 amide bonds. The topological polar surface area (TPSA) is 118 Å². The van der Waals surface area contributed by atoms with Crippen molar-refractivity contribution in [2.45, 2.75) is 136 Å². The van der Waals surface area contributed by atoms with Crippen LogP contribution in [0.15, 0.2) is 11.6 Å². The second-order valence-corrected chi connectivity index (χ2v) is 17.4. The van der Waals surface area contributed by atoms with E-state index < -0.39 is 41.2 Å². The maximum atomic E-state index is 15.0. The number of ketones is 1. The van der Waals surface area contributed by atoms with E-state index in [1.165, 1.54) is 12.0 Å². The standard InChI is InChI=1S/C36H58O6/c1-31(2)15-16-35(21-38)24(18-31)23-17-25(39)30-32(3,33(23,4)19-28(35)41)13-11-26-34(5,29(42)20-37)27(40)12-14-36(26,30)22-9-7-6-8-10-22/h17,22,24,26-30,37-38,40-42H,6-16,18-21H2,1-5H3. The van der Waals surface area contributed by atoms with Crippen molar-refractivity contribution in [3.05, 3.63) is 11.6 Å². The van der Waals surface area contributed by atoms with Gasteiger partial charge in [-0.05, 0) is 110 Å². The molecule has 0 spiro atoms. The molecule has 6 nitrogen and oxygen atoms in total. The molecule has 11 unspecified atom stereocenters. The highest BCUT2D eigenvalue weighted by Crippen LogP contribution is 2.77. The van der Waals surface area contributed by atoms with Gasteiger partial charge < -0.3 is 25.5 Å². The molecule has 238 valence electrons. The monoisotopic (exact) mass is 586 g/mol. The number of aliphatic hydroxyl groups is 5. The van der Waals surface area contributed by atoms with E-state index in [2.05, 4.69) is 27.7 Å². The summed E-state index contributed by atoms with van der Waals surface area (Å²) in [6, 6.07) is 0. The zero-order valence-electron chi connectivity index (χ0n) is 26.9. The van der Waals surface area contributed by atoms with Crippen LogP contribution in [0.25, 0.3) is 0 Å². The number of hydrogen-bond acceptors (Lipinski definition) is 6. The van der Waals surface area contributed by atoms with Gasteiger partial charge in [-0.15, -0.1) is 0 Å². The Labute approximate surface area is 253 Å².